The summed E-state index contributed by atoms with van der Waals surface area (Å²) in [6, 6.07) is 33.7. The SMILES string of the molecule is CCCCC(CC)CNc1c(C#N)c(C#N)c2oc3ccccc3c3ccccc3oc2c1Oc1ccc2ccccc2c1. The van der Waals surface area contributed by atoms with Gasteiger partial charge < -0.3 is 18.9 Å². The Morgan fingerprint density at radius 1 is 0.750 bits per heavy atom. The first-order valence-electron chi connectivity index (χ1n) is 15.1. The van der Waals surface area contributed by atoms with Crippen LogP contribution in [0.3, 0.4) is 0 Å². The van der Waals surface area contributed by atoms with E-state index in [2.05, 4.69) is 31.3 Å². The van der Waals surface area contributed by atoms with Gasteiger partial charge in [0.25, 0.3) is 0 Å². The van der Waals surface area contributed by atoms with Crippen LogP contribution in [0, 0.1) is 28.6 Å². The molecule has 6 nitrogen and oxygen atoms in total. The Bertz CT molecular complexity index is 2130. The van der Waals surface area contributed by atoms with Crippen molar-refractivity contribution >= 4 is 49.6 Å². The number of rotatable bonds is 9. The summed E-state index contributed by atoms with van der Waals surface area (Å²) in [5, 5.41) is 28.3. The highest BCUT2D eigenvalue weighted by Crippen LogP contribution is 2.44. The fourth-order valence-corrected chi connectivity index (χ4v) is 5.67. The molecular weight excluding hydrogens is 546 g/mol. The summed E-state index contributed by atoms with van der Waals surface area (Å²) in [5.74, 6) is 1.25. The predicted molar refractivity (Wildman–Crippen MR) is 176 cm³/mol. The minimum Gasteiger partial charge on any atom is -0.451 e. The first-order chi connectivity index (χ1) is 21.6. The number of anilines is 1. The van der Waals surface area contributed by atoms with Crippen LogP contribution in [0.5, 0.6) is 11.5 Å². The molecular formula is C38H33N3O3. The molecule has 1 heterocycles. The number of fused-ring (bicyclic) bond motifs is 5. The van der Waals surface area contributed by atoms with Crippen LogP contribution in [0.25, 0.3) is 43.9 Å². The van der Waals surface area contributed by atoms with E-state index in [9.17, 15) is 10.5 Å². The van der Waals surface area contributed by atoms with Crippen LogP contribution in [0.2, 0.25) is 0 Å². The number of benzene rings is 5. The number of nitriles is 2. The molecule has 0 bridgehead atoms. The lowest BCUT2D eigenvalue weighted by Crippen LogP contribution is -2.15. The van der Waals surface area contributed by atoms with Crippen molar-refractivity contribution in [1.29, 1.82) is 10.5 Å². The molecule has 0 saturated heterocycles. The van der Waals surface area contributed by atoms with Crippen LogP contribution in [0.4, 0.5) is 5.69 Å². The molecule has 6 rings (SSSR count). The molecule has 0 aliphatic heterocycles. The van der Waals surface area contributed by atoms with Gasteiger partial charge in [0, 0.05) is 17.3 Å². The monoisotopic (exact) mass is 579 g/mol. The maximum atomic E-state index is 10.5. The zero-order chi connectivity index (χ0) is 30.5. The van der Waals surface area contributed by atoms with E-state index < -0.39 is 0 Å². The zero-order valence-electron chi connectivity index (χ0n) is 24.9. The minimum atomic E-state index is 0.0895. The third-order valence-corrected chi connectivity index (χ3v) is 8.13. The average molecular weight is 580 g/mol. The van der Waals surface area contributed by atoms with E-state index in [4.69, 9.17) is 13.6 Å². The molecule has 1 atom stereocenters. The van der Waals surface area contributed by atoms with E-state index >= 15 is 0 Å². The van der Waals surface area contributed by atoms with E-state index in [1.54, 1.807) is 0 Å². The largest absolute Gasteiger partial charge is 0.451 e. The van der Waals surface area contributed by atoms with Crippen molar-refractivity contribution in [2.75, 3.05) is 11.9 Å². The van der Waals surface area contributed by atoms with Crippen molar-refractivity contribution in [2.45, 2.75) is 39.5 Å². The van der Waals surface area contributed by atoms with Gasteiger partial charge in [0.1, 0.15) is 45.9 Å². The molecule has 0 radical (unpaired) electrons. The van der Waals surface area contributed by atoms with E-state index in [-0.39, 0.29) is 22.3 Å². The van der Waals surface area contributed by atoms with E-state index in [1.165, 1.54) is 0 Å². The number of ether oxygens (including phenoxy) is 1. The van der Waals surface area contributed by atoms with Gasteiger partial charge in [-0.3, -0.25) is 0 Å². The van der Waals surface area contributed by atoms with Crippen LogP contribution in [0.1, 0.15) is 50.7 Å². The van der Waals surface area contributed by atoms with Gasteiger partial charge >= 0.3 is 0 Å². The Hall–Kier alpha value is -5.46. The quantitative estimate of drug-likeness (QED) is 0.183. The molecule has 0 aliphatic rings. The second-order valence-electron chi connectivity index (χ2n) is 10.9. The smallest absolute Gasteiger partial charge is 0.216 e. The Morgan fingerprint density at radius 2 is 1.39 bits per heavy atom. The minimum absolute atomic E-state index is 0.0895. The van der Waals surface area contributed by atoms with Crippen molar-refractivity contribution in [2.24, 2.45) is 5.92 Å². The van der Waals surface area contributed by atoms with Crippen molar-refractivity contribution in [1.82, 2.24) is 0 Å². The summed E-state index contributed by atoms with van der Waals surface area (Å²) >= 11 is 0. The highest BCUT2D eigenvalue weighted by Gasteiger charge is 2.26. The van der Waals surface area contributed by atoms with Crippen LogP contribution < -0.4 is 10.1 Å². The number of nitrogens with one attached hydrogen (secondary N) is 1. The third kappa shape index (κ3) is 5.51. The van der Waals surface area contributed by atoms with Gasteiger partial charge in [0.2, 0.25) is 5.58 Å². The van der Waals surface area contributed by atoms with Gasteiger partial charge in [-0.25, -0.2) is 0 Å². The van der Waals surface area contributed by atoms with Gasteiger partial charge in [-0.1, -0.05) is 99.8 Å². The first kappa shape index (κ1) is 28.6. The molecule has 0 spiro atoms. The van der Waals surface area contributed by atoms with Gasteiger partial charge in [-0.15, -0.1) is 0 Å². The Balaban J connectivity index is 1.69. The maximum absolute atomic E-state index is 10.5. The Labute approximate surface area is 256 Å². The molecule has 6 aromatic rings. The topological polar surface area (TPSA) is 95.1 Å². The fourth-order valence-electron chi connectivity index (χ4n) is 5.67. The fraction of sp³-hybridized carbons (Fsp3) is 0.211. The highest BCUT2D eigenvalue weighted by molar-refractivity contribution is 6.04. The number of unbranched alkanes of at least 4 members (excludes halogenated alkanes) is 1. The molecule has 1 N–H and O–H groups in total. The summed E-state index contributed by atoms with van der Waals surface area (Å²) in [7, 11) is 0. The van der Waals surface area contributed by atoms with E-state index in [0.29, 0.717) is 40.8 Å². The summed E-state index contributed by atoms with van der Waals surface area (Å²) in [6.45, 7) is 4.97. The third-order valence-electron chi connectivity index (χ3n) is 8.13. The molecule has 1 unspecified atom stereocenters. The standard InChI is InChI=1S/C38H33N3O3/c1-3-5-12-25(4-2)24-41-35-31(22-39)32(23-40)36-38(37(35)42-28-20-19-26-13-6-7-14-27(26)21-28)44-34-18-11-9-16-30(34)29-15-8-10-17-33(29)43-36/h6-11,13-21,25,41H,3-5,12,24H2,1-2H3. The average Bonchev–Trinajstić information content (AvgIpc) is 3.06. The summed E-state index contributed by atoms with van der Waals surface area (Å²) < 4.78 is 19.8. The van der Waals surface area contributed by atoms with Crippen LogP contribution in [-0.4, -0.2) is 6.54 Å². The molecule has 0 aliphatic carbocycles. The Kier molecular flexibility index (Phi) is 8.34. The summed E-state index contributed by atoms with van der Waals surface area (Å²) in [6.07, 6.45) is 4.27. The zero-order valence-corrected chi connectivity index (χ0v) is 24.9. The number of nitrogens with zero attached hydrogens (tertiary/aromatic N) is 2. The van der Waals surface area contributed by atoms with Gasteiger partial charge in [-0.05, 0) is 47.4 Å². The van der Waals surface area contributed by atoms with E-state index in [1.807, 2.05) is 91.0 Å². The maximum Gasteiger partial charge on any atom is 0.216 e. The molecule has 218 valence electrons. The summed E-state index contributed by atoms with van der Waals surface area (Å²) in [5.41, 5.74) is 2.18. The Morgan fingerprint density at radius 3 is 2.05 bits per heavy atom. The summed E-state index contributed by atoms with van der Waals surface area (Å²) in [4.78, 5) is 0. The van der Waals surface area contributed by atoms with E-state index in [0.717, 1.165) is 47.2 Å². The second-order valence-corrected chi connectivity index (χ2v) is 10.9. The molecule has 0 fully saturated rings. The van der Waals surface area contributed by atoms with Crippen molar-refractivity contribution in [3.8, 4) is 23.6 Å². The first-order valence-corrected chi connectivity index (χ1v) is 15.1. The second kappa shape index (κ2) is 12.8. The van der Waals surface area contributed by atoms with Gasteiger partial charge in [0.15, 0.2) is 11.3 Å². The van der Waals surface area contributed by atoms with Crippen LogP contribution >= 0.6 is 0 Å². The van der Waals surface area contributed by atoms with Crippen molar-refractivity contribution in [3.63, 3.8) is 0 Å². The van der Waals surface area contributed by atoms with Crippen LogP contribution in [-0.2, 0) is 0 Å². The van der Waals surface area contributed by atoms with Crippen molar-refractivity contribution < 1.29 is 13.6 Å². The van der Waals surface area contributed by atoms with Gasteiger partial charge in [0.05, 0.1) is 0 Å². The predicted octanol–water partition coefficient (Wildman–Crippen LogP) is 10.8. The molecule has 1 aromatic heterocycles. The lowest BCUT2D eigenvalue weighted by molar-refractivity contribution is 0.463. The molecule has 44 heavy (non-hydrogen) atoms. The molecule has 0 amide bonds. The lowest BCUT2D eigenvalue weighted by Gasteiger charge is -2.20. The molecule has 6 heteroatoms. The number of hydrogen-bond acceptors (Lipinski definition) is 6. The lowest BCUT2D eigenvalue weighted by atomic mass is 9.98. The normalized spacial score (nSPS) is 11.7. The highest BCUT2D eigenvalue weighted by atomic mass is 16.5. The number of hydrogen-bond donors (Lipinski definition) is 1. The van der Waals surface area contributed by atoms with Crippen molar-refractivity contribution in [3.05, 3.63) is 102 Å². The number of para-hydroxylation sites is 2. The molecule has 5 aromatic carbocycles. The van der Waals surface area contributed by atoms with Crippen LogP contribution in [0.15, 0.2) is 99.8 Å². The van der Waals surface area contributed by atoms with Gasteiger partial charge in [-0.2, -0.15) is 10.5 Å². The molecule has 0 saturated carbocycles.